The lowest BCUT2D eigenvalue weighted by atomic mass is 10.0. The first-order valence-corrected chi connectivity index (χ1v) is 12.6. The molecule has 0 aliphatic carbocycles. The Hall–Kier alpha value is -4.50. The van der Waals surface area contributed by atoms with Gasteiger partial charge in [-0.1, -0.05) is 35.9 Å². The SMILES string of the molecule is Cc1ccc(NC(=O)CCN2C(=S)N[C@H](c3ccccn3)[C@@H]2c2ccc(-c3ccc(C(=O)O)cc3)o2)cc1. The smallest absolute Gasteiger partial charge is 0.335 e. The summed E-state index contributed by atoms with van der Waals surface area (Å²) in [5, 5.41) is 16.0. The van der Waals surface area contributed by atoms with E-state index in [1.807, 2.05) is 66.4 Å². The summed E-state index contributed by atoms with van der Waals surface area (Å²) in [6.07, 6.45) is 1.96. The maximum atomic E-state index is 12.7. The Labute approximate surface area is 225 Å². The average molecular weight is 527 g/mol. The number of anilines is 1. The van der Waals surface area contributed by atoms with Crippen molar-refractivity contribution in [2.75, 3.05) is 11.9 Å². The number of carbonyl (C=O) groups excluding carboxylic acids is 1. The van der Waals surface area contributed by atoms with Gasteiger partial charge in [0.05, 0.1) is 17.3 Å². The maximum absolute atomic E-state index is 12.7. The van der Waals surface area contributed by atoms with E-state index < -0.39 is 5.97 Å². The summed E-state index contributed by atoms with van der Waals surface area (Å²) in [5.41, 5.74) is 3.63. The lowest BCUT2D eigenvalue weighted by Gasteiger charge is -2.25. The molecule has 8 nitrogen and oxygen atoms in total. The van der Waals surface area contributed by atoms with Crippen molar-refractivity contribution in [1.82, 2.24) is 15.2 Å². The monoisotopic (exact) mass is 526 g/mol. The summed E-state index contributed by atoms with van der Waals surface area (Å²) in [6.45, 7) is 2.37. The van der Waals surface area contributed by atoms with Crippen LogP contribution in [0.2, 0.25) is 0 Å². The molecule has 38 heavy (non-hydrogen) atoms. The second-order valence-electron chi connectivity index (χ2n) is 9.07. The minimum Gasteiger partial charge on any atom is -0.478 e. The number of carboxylic acid groups (broad SMARTS) is 1. The number of aromatic nitrogens is 1. The van der Waals surface area contributed by atoms with E-state index in [-0.39, 0.29) is 30.0 Å². The molecule has 0 bridgehead atoms. The molecule has 0 saturated carbocycles. The molecule has 5 rings (SSSR count). The van der Waals surface area contributed by atoms with Crippen molar-refractivity contribution < 1.29 is 19.1 Å². The zero-order valence-corrected chi connectivity index (χ0v) is 21.4. The van der Waals surface area contributed by atoms with E-state index in [9.17, 15) is 14.7 Å². The summed E-state index contributed by atoms with van der Waals surface area (Å²) in [6, 6.07) is 23.0. The van der Waals surface area contributed by atoms with Gasteiger partial charge < -0.3 is 25.1 Å². The average Bonchev–Trinajstić information content (AvgIpc) is 3.54. The normalized spacial score (nSPS) is 16.8. The Kier molecular flexibility index (Phi) is 7.19. The van der Waals surface area contributed by atoms with Crippen molar-refractivity contribution >= 4 is 34.9 Å². The van der Waals surface area contributed by atoms with Crippen molar-refractivity contribution in [3.8, 4) is 11.3 Å². The van der Waals surface area contributed by atoms with Gasteiger partial charge in [0.2, 0.25) is 5.91 Å². The molecule has 9 heteroatoms. The van der Waals surface area contributed by atoms with E-state index in [4.69, 9.17) is 16.6 Å². The molecule has 2 aromatic carbocycles. The Morgan fingerprint density at radius 3 is 2.50 bits per heavy atom. The highest BCUT2D eigenvalue weighted by atomic mass is 32.1. The highest BCUT2D eigenvalue weighted by molar-refractivity contribution is 7.80. The van der Waals surface area contributed by atoms with E-state index in [2.05, 4.69) is 15.6 Å². The quantitative estimate of drug-likeness (QED) is 0.264. The zero-order valence-electron chi connectivity index (χ0n) is 20.6. The van der Waals surface area contributed by atoms with Crippen LogP contribution in [0.15, 0.2) is 89.5 Å². The first-order valence-electron chi connectivity index (χ1n) is 12.2. The van der Waals surface area contributed by atoms with Crippen LogP contribution in [0.5, 0.6) is 0 Å². The molecule has 2 atom stereocenters. The van der Waals surface area contributed by atoms with E-state index >= 15 is 0 Å². The molecular formula is C29H26N4O4S. The number of pyridine rings is 1. The Morgan fingerprint density at radius 1 is 1.05 bits per heavy atom. The van der Waals surface area contributed by atoms with Crippen LogP contribution in [0.4, 0.5) is 5.69 Å². The van der Waals surface area contributed by atoms with Crippen molar-refractivity contribution in [2.45, 2.75) is 25.4 Å². The molecular weight excluding hydrogens is 500 g/mol. The van der Waals surface area contributed by atoms with Gasteiger partial charge in [-0.05, 0) is 67.7 Å². The fourth-order valence-corrected chi connectivity index (χ4v) is 4.81. The van der Waals surface area contributed by atoms with Crippen LogP contribution in [-0.2, 0) is 4.79 Å². The van der Waals surface area contributed by atoms with Crippen molar-refractivity contribution in [3.05, 3.63) is 108 Å². The zero-order chi connectivity index (χ0) is 26.6. The number of hydrogen-bond donors (Lipinski definition) is 3. The molecule has 0 radical (unpaired) electrons. The highest BCUT2D eigenvalue weighted by Crippen LogP contribution is 2.40. The highest BCUT2D eigenvalue weighted by Gasteiger charge is 2.41. The standard InChI is InChI=1S/C29H26N4O4S/c1-18-5-11-21(12-6-18)31-25(34)15-17-33-27(26(32-29(33)38)22-4-2-3-16-30-22)24-14-13-23(37-24)19-7-9-20(10-8-19)28(35)36/h2-14,16,26-27H,15,17H2,1H3,(H,31,34)(H,32,38)(H,35,36)/t26-,27+/m1/s1. The van der Waals surface area contributed by atoms with Gasteiger partial charge in [-0.2, -0.15) is 0 Å². The number of aromatic carboxylic acids is 1. The molecule has 2 aromatic heterocycles. The number of thiocarbonyl (C=S) groups is 1. The predicted molar refractivity (Wildman–Crippen MR) is 148 cm³/mol. The molecule has 1 amide bonds. The van der Waals surface area contributed by atoms with Gasteiger partial charge in [-0.3, -0.25) is 9.78 Å². The molecule has 0 unspecified atom stereocenters. The second-order valence-corrected chi connectivity index (χ2v) is 9.46. The fraction of sp³-hybridized carbons (Fsp3) is 0.172. The largest absolute Gasteiger partial charge is 0.478 e. The minimum absolute atomic E-state index is 0.115. The number of carbonyl (C=O) groups is 2. The number of amides is 1. The number of hydrogen-bond acceptors (Lipinski definition) is 5. The number of carboxylic acids is 1. The molecule has 3 heterocycles. The van der Waals surface area contributed by atoms with Crippen molar-refractivity contribution in [2.24, 2.45) is 0 Å². The van der Waals surface area contributed by atoms with Crippen LogP contribution in [0.3, 0.4) is 0 Å². The van der Waals surface area contributed by atoms with E-state index in [0.717, 1.165) is 22.5 Å². The molecule has 4 aromatic rings. The Morgan fingerprint density at radius 2 is 1.82 bits per heavy atom. The Balaban J connectivity index is 1.38. The lowest BCUT2D eigenvalue weighted by molar-refractivity contribution is -0.116. The second kappa shape index (κ2) is 10.9. The summed E-state index contributed by atoms with van der Waals surface area (Å²) in [4.78, 5) is 30.4. The van der Waals surface area contributed by atoms with E-state index in [1.54, 1.807) is 30.5 Å². The van der Waals surface area contributed by atoms with Crippen LogP contribution in [0, 0.1) is 6.92 Å². The third-order valence-corrected chi connectivity index (χ3v) is 6.80. The molecule has 1 aliphatic heterocycles. The Bertz CT molecular complexity index is 1450. The van der Waals surface area contributed by atoms with Gasteiger partial charge in [0.25, 0.3) is 0 Å². The molecule has 192 valence electrons. The first kappa shape index (κ1) is 25.2. The van der Waals surface area contributed by atoms with E-state index in [1.165, 1.54) is 0 Å². The summed E-state index contributed by atoms with van der Waals surface area (Å²) >= 11 is 5.69. The van der Waals surface area contributed by atoms with Crippen LogP contribution >= 0.6 is 12.2 Å². The number of furan rings is 1. The van der Waals surface area contributed by atoms with Gasteiger partial charge in [0.15, 0.2) is 5.11 Å². The van der Waals surface area contributed by atoms with Crippen LogP contribution in [-0.4, -0.2) is 38.5 Å². The topological polar surface area (TPSA) is 108 Å². The maximum Gasteiger partial charge on any atom is 0.335 e. The molecule has 3 N–H and O–H groups in total. The number of rotatable bonds is 8. The van der Waals surface area contributed by atoms with Gasteiger partial charge in [-0.25, -0.2) is 4.79 Å². The summed E-state index contributed by atoms with van der Waals surface area (Å²) < 4.78 is 6.28. The molecule has 1 saturated heterocycles. The van der Waals surface area contributed by atoms with Gasteiger partial charge in [0, 0.05) is 30.4 Å². The van der Waals surface area contributed by atoms with Crippen molar-refractivity contribution in [3.63, 3.8) is 0 Å². The minimum atomic E-state index is -0.984. The summed E-state index contributed by atoms with van der Waals surface area (Å²) in [7, 11) is 0. The molecule has 0 spiro atoms. The number of aryl methyl sites for hydroxylation is 1. The predicted octanol–water partition coefficient (Wildman–Crippen LogP) is 5.35. The lowest BCUT2D eigenvalue weighted by Crippen LogP contribution is -2.32. The van der Waals surface area contributed by atoms with Gasteiger partial charge in [0.1, 0.15) is 17.6 Å². The van der Waals surface area contributed by atoms with Crippen LogP contribution in [0.25, 0.3) is 11.3 Å². The molecule has 1 fully saturated rings. The third-order valence-electron chi connectivity index (χ3n) is 6.45. The van der Waals surface area contributed by atoms with Crippen LogP contribution in [0.1, 0.15) is 45.9 Å². The van der Waals surface area contributed by atoms with Crippen LogP contribution < -0.4 is 10.6 Å². The fourth-order valence-electron chi connectivity index (χ4n) is 4.48. The number of benzene rings is 2. The van der Waals surface area contributed by atoms with E-state index in [0.29, 0.717) is 23.2 Å². The molecule has 1 aliphatic rings. The van der Waals surface area contributed by atoms with Crippen molar-refractivity contribution in [1.29, 1.82) is 0 Å². The third kappa shape index (κ3) is 5.42. The van der Waals surface area contributed by atoms with Gasteiger partial charge >= 0.3 is 5.97 Å². The number of nitrogens with zero attached hydrogens (tertiary/aromatic N) is 2. The first-order chi connectivity index (χ1) is 18.4. The van der Waals surface area contributed by atoms with Gasteiger partial charge in [-0.15, -0.1) is 0 Å². The summed E-state index contributed by atoms with van der Waals surface area (Å²) in [5.74, 6) is 0.161. The number of nitrogens with one attached hydrogen (secondary N) is 2.